The topological polar surface area (TPSA) is 75.8 Å². The van der Waals surface area contributed by atoms with Crippen molar-refractivity contribution >= 4 is 0 Å². The largest absolute Gasteiger partial charge is 0.496 e. The Bertz CT molecular complexity index is 1240. The summed E-state index contributed by atoms with van der Waals surface area (Å²) < 4.78 is 11.3. The van der Waals surface area contributed by atoms with Crippen molar-refractivity contribution in [2.24, 2.45) is 0 Å². The molecule has 0 saturated carbocycles. The smallest absolute Gasteiger partial charge is 0.138 e. The highest BCUT2D eigenvalue weighted by atomic mass is 16.5. The summed E-state index contributed by atoms with van der Waals surface area (Å²) in [4.78, 5) is 16.1. The standard InChI is InChI=1S/C26H22N4O2/c1-31-23-14-24(32-2)20(22-16-28-26(30-22)18-11-7-4-8-12-18)13-19(23)21-15-27-25(29-21)17-9-5-3-6-10-17/h3-16H,1-2H3,(H,27,29)(H,28,30). The van der Waals surface area contributed by atoms with E-state index in [-0.39, 0.29) is 0 Å². The summed E-state index contributed by atoms with van der Waals surface area (Å²) in [5, 5.41) is 0. The van der Waals surface area contributed by atoms with Crippen LogP contribution in [0.2, 0.25) is 0 Å². The van der Waals surface area contributed by atoms with Crippen molar-refractivity contribution in [2.45, 2.75) is 0 Å². The maximum Gasteiger partial charge on any atom is 0.138 e. The average molecular weight is 422 g/mol. The van der Waals surface area contributed by atoms with E-state index >= 15 is 0 Å². The van der Waals surface area contributed by atoms with Gasteiger partial charge in [-0.1, -0.05) is 60.7 Å². The molecule has 0 fully saturated rings. The van der Waals surface area contributed by atoms with Gasteiger partial charge in [-0.15, -0.1) is 0 Å². The van der Waals surface area contributed by atoms with Gasteiger partial charge in [0.25, 0.3) is 0 Å². The van der Waals surface area contributed by atoms with Crippen molar-refractivity contribution in [2.75, 3.05) is 14.2 Å². The lowest BCUT2D eigenvalue weighted by atomic mass is 10.0. The van der Waals surface area contributed by atoms with Crippen LogP contribution in [0.25, 0.3) is 45.3 Å². The molecule has 3 aromatic carbocycles. The van der Waals surface area contributed by atoms with Crippen LogP contribution in [0.5, 0.6) is 11.5 Å². The van der Waals surface area contributed by atoms with E-state index in [1.807, 2.05) is 85.2 Å². The van der Waals surface area contributed by atoms with Crippen LogP contribution in [0.1, 0.15) is 0 Å². The van der Waals surface area contributed by atoms with Gasteiger partial charge in [0, 0.05) is 40.7 Å². The Morgan fingerprint density at radius 1 is 0.594 bits per heavy atom. The number of nitrogens with one attached hydrogen (secondary N) is 2. The minimum absolute atomic E-state index is 0.676. The zero-order chi connectivity index (χ0) is 21.9. The molecular formula is C26H22N4O2. The number of benzene rings is 3. The first-order valence-corrected chi connectivity index (χ1v) is 10.2. The Morgan fingerprint density at radius 2 is 1.03 bits per heavy atom. The van der Waals surface area contributed by atoms with Crippen molar-refractivity contribution in [3.05, 3.63) is 85.2 Å². The van der Waals surface area contributed by atoms with Crippen LogP contribution >= 0.6 is 0 Å². The highest BCUT2D eigenvalue weighted by molar-refractivity contribution is 5.80. The van der Waals surface area contributed by atoms with Gasteiger partial charge in [0.1, 0.15) is 23.1 Å². The molecule has 0 bridgehead atoms. The molecule has 0 aliphatic rings. The molecule has 0 amide bonds. The number of aromatic nitrogens is 4. The fourth-order valence-corrected chi connectivity index (χ4v) is 3.71. The molecule has 0 spiro atoms. The maximum absolute atomic E-state index is 5.66. The van der Waals surface area contributed by atoms with Crippen LogP contribution < -0.4 is 9.47 Å². The first-order chi connectivity index (χ1) is 15.8. The highest BCUT2D eigenvalue weighted by Crippen LogP contribution is 2.40. The van der Waals surface area contributed by atoms with E-state index < -0.39 is 0 Å². The monoisotopic (exact) mass is 422 g/mol. The number of aromatic amines is 2. The first kappa shape index (κ1) is 19.6. The quantitative estimate of drug-likeness (QED) is 0.362. The van der Waals surface area contributed by atoms with Gasteiger partial charge in [0.05, 0.1) is 25.6 Å². The van der Waals surface area contributed by atoms with E-state index in [1.54, 1.807) is 14.2 Å². The van der Waals surface area contributed by atoms with Crippen LogP contribution in [0.15, 0.2) is 85.2 Å². The molecule has 2 aromatic heterocycles. The zero-order valence-corrected chi connectivity index (χ0v) is 17.8. The fourth-order valence-electron chi connectivity index (χ4n) is 3.71. The lowest BCUT2D eigenvalue weighted by Gasteiger charge is -2.13. The number of rotatable bonds is 6. The van der Waals surface area contributed by atoms with Gasteiger partial charge in [-0.3, -0.25) is 0 Å². The van der Waals surface area contributed by atoms with Crippen LogP contribution in [0, 0.1) is 0 Å². The predicted molar refractivity (Wildman–Crippen MR) is 126 cm³/mol. The Hall–Kier alpha value is -4.32. The minimum atomic E-state index is 0.676. The van der Waals surface area contributed by atoms with Crippen LogP contribution in [0.3, 0.4) is 0 Å². The van der Waals surface area contributed by atoms with E-state index in [0.717, 1.165) is 45.3 Å². The summed E-state index contributed by atoms with van der Waals surface area (Å²) in [5.41, 5.74) is 5.31. The number of imidazole rings is 2. The van der Waals surface area contributed by atoms with Gasteiger partial charge in [-0.2, -0.15) is 0 Å². The molecule has 0 radical (unpaired) electrons. The Kier molecular flexibility index (Phi) is 5.17. The Morgan fingerprint density at radius 3 is 1.44 bits per heavy atom. The molecule has 0 saturated heterocycles. The zero-order valence-electron chi connectivity index (χ0n) is 17.8. The number of ether oxygens (including phenoxy) is 2. The molecule has 5 aromatic rings. The second kappa shape index (κ2) is 8.43. The SMILES string of the molecule is COc1cc(OC)c(-c2c[nH]c(-c3ccccc3)n2)cc1-c1c[nH]c(-c2ccccc2)n1. The normalized spacial score (nSPS) is 10.8. The number of nitrogens with zero attached hydrogens (tertiary/aromatic N) is 2. The van der Waals surface area contributed by atoms with Gasteiger partial charge in [-0.25, -0.2) is 9.97 Å². The molecule has 5 rings (SSSR count). The highest BCUT2D eigenvalue weighted by Gasteiger charge is 2.18. The van der Waals surface area contributed by atoms with Crippen LogP contribution in [0.4, 0.5) is 0 Å². The van der Waals surface area contributed by atoms with E-state index in [1.165, 1.54) is 0 Å². The number of methoxy groups -OCH3 is 2. The third-order valence-electron chi connectivity index (χ3n) is 5.32. The van der Waals surface area contributed by atoms with Crippen LogP contribution in [-0.2, 0) is 0 Å². The third kappa shape index (κ3) is 3.63. The molecule has 2 N–H and O–H groups in total. The van der Waals surface area contributed by atoms with Gasteiger partial charge in [-0.05, 0) is 6.07 Å². The van der Waals surface area contributed by atoms with Crippen molar-refractivity contribution < 1.29 is 9.47 Å². The lowest BCUT2D eigenvalue weighted by molar-refractivity contribution is 0.396. The Labute approximate surface area is 185 Å². The molecule has 0 atom stereocenters. The van der Waals surface area contributed by atoms with E-state index in [0.29, 0.717) is 11.5 Å². The summed E-state index contributed by atoms with van der Waals surface area (Å²) in [6, 6.07) is 23.9. The average Bonchev–Trinajstić information content (AvgIpc) is 3.55. The molecule has 0 unspecified atom stereocenters. The fraction of sp³-hybridized carbons (Fsp3) is 0.0769. The van der Waals surface area contributed by atoms with E-state index in [2.05, 4.69) is 9.97 Å². The molecule has 158 valence electrons. The van der Waals surface area contributed by atoms with Gasteiger partial charge >= 0.3 is 0 Å². The van der Waals surface area contributed by atoms with Gasteiger partial charge in [0.15, 0.2) is 0 Å². The van der Waals surface area contributed by atoms with E-state index in [9.17, 15) is 0 Å². The lowest BCUT2D eigenvalue weighted by Crippen LogP contribution is -1.94. The number of hydrogen-bond donors (Lipinski definition) is 2. The van der Waals surface area contributed by atoms with Crippen molar-refractivity contribution in [1.29, 1.82) is 0 Å². The van der Waals surface area contributed by atoms with Crippen molar-refractivity contribution in [1.82, 2.24) is 19.9 Å². The molecule has 6 nitrogen and oxygen atoms in total. The predicted octanol–water partition coefficient (Wildman–Crippen LogP) is 5.82. The van der Waals surface area contributed by atoms with E-state index in [4.69, 9.17) is 19.4 Å². The summed E-state index contributed by atoms with van der Waals surface area (Å²) in [6.45, 7) is 0. The molecule has 2 heterocycles. The van der Waals surface area contributed by atoms with Gasteiger partial charge < -0.3 is 19.4 Å². The summed E-state index contributed by atoms with van der Waals surface area (Å²) >= 11 is 0. The molecular weight excluding hydrogens is 400 g/mol. The molecule has 6 heteroatoms. The summed E-state index contributed by atoms with van der Waals surface area (Å²) in [7, 11) is 3.29. The number of hydrogen-bond acceptors (Lipinski definition) is 4. The van der Waals surface area contributed by atoms with Crippen LogP contribution in [-0.4, -0.2) is 34.2 Å². The van der Waals surface area contributed by atoms with Crippen molar-refractivity contribution in [3.63, 3.8) is 0 Å². The van der Waals surface area contributed by atoms with Crippen molar-refractivity contribution in [3.8, 4) is 56.8 Å². The third-order valence-corrected chi connectivity index (χ3v) is 5.32. The minimum Gasteiger partial charge on any atom is -0.496 e. The first-order valence-electron chi connectivity index (χ1n) is 10.2. The molecule has 32 heavy (non-hydrogen) atoms. The van der Waals surface area contributed by atoms with Gasteiger partial charge in [0.2, 0.25) is 0 Å². The molecule has 0 aliphatic carbocycles. The molecule has 0 aliphatic heterocycles. The second-order valence-electron chi connectivity index (χ2n) is 7.25. The summed E-state index contributed by atoms with van der Waals surface area (Å²) in [5.74, 6) is 2.95. The second-order valence-corrected chi connectivity index (χ2v) is 7.25. The number of H-pyrrole nitrogens is 2. The summed E-state index contributed by atoms with van der Waals surface area (Å²) in [6.07, 6.45) is 3.77. The maximum atomic E-state index is 5.66. The Balaban J connectivity index is 1.59.